The minimum Gasteiger partial charge on any atom is -0.496 e. The molecule has 0 aliphatic rings. The van der Waals surface area contributed by atoms with Gasteiger partial charge in [0.25, 0.3) is 5.91 Å². The summed E-state index contributed by atoms with van der Waals surface area (Å²) in [7, 11) is 1.62. The summed E-state index contributed by atoms with van der Waals surface area (Å²) in [4.78, 5) is 12.6. The first-order valence-electron chi connectivity index (χ1n) is 7.80. The largest absolute Gasteiger partial charge is 0.496 e. The van der Waals surface area contributed by atoms with Crippen molar-refractivity contribution in [1.82, 2.24) is 9.78 Å². The van der Waals surface area contributed by atoms with E-state index < -0.39 is 0 Å². The lowest BCUT2D eigenvalue weighted by molar-refractivity contribution is 0.101. The molecule has 3 rings (SSSR count). The molecule has 0 aliphatic carbocycles. The Bertz CT molecular complexity index is 841. The number of hydrogen-bond donors (Lipinski definition) is 1. The van der Waals surface area contributed by atoms with Gasteiger partial charge in [-0.15, -0.1) is 0 Å². The number of anilines is 1. The van der Waals surface area contributed by atoms with Crippen LogP contribution in [0, 0.1) is 0 Å². The third kappa shape index (κ3) is 3.15. The van der Waals surface area contributed by atoms with Crippen molar-refractivity contribution in [3.8, 4) is 17.0 Å². The van der Waals surface area contributed by atoms with E-state index in [2.05, 4.69) is 10.4 Å². The van der Waals surface area contributed by atoms with E-state index in [0.717, 1.165) is 17.0 Å². The van der Waals surface area contributed by atoms with Gasteiger partial charge in [-0.05, 0) is 37.3 Å². The quantitative estimate of drug-likeness (QED) is 0.777. The van der Waals surface area contributed by atoms with Gasteiger partial charge >= 0.3 is 0 Å². The molecule has 0 fully saturated rings. The van der Waals surface area contributed by atoms with Gasteiger partial charge in [-0.1, -0.05) is 30.3 Å². The average molecular weight is 321 g/mol. The van der Waals surface area contributed by atoms with Gasteiger partial charge in [0.1, 0.15) is 11.4 Å². The predicted molar refractivity (Wildman–Crippen MR) is 94.3 cm³/mol. The average Bonchev–Trinajstić information content (AvgIpc) is 3.07. The summed E-state index contributed by atoms with van der Waals surface area (Å²) >= 11 is 0. The Hall–Kier alpha value is -3.08. The Morgan fingerprint density at radius 2 is 1.83 bits per heavy atom. The lowest BCUT2D eigenvalue weighted by Crippen LogP contribution is -2.17. The summed E-state index contributed by atoms with van der Waals surface area (Å²) in [5.41, 5.74) is 2.85. The number of carbonyl (C=O) groups is 1. The van der Waals surface area contributed by atoms with E-state index in [1.54, 1.807) is 17.9 Å². The molecule has 0 atom stereocenters. The van der Waals surface area contributed by atoms with Gasteiger partial charge < -0.3 is 10.1 Å². The van der Waals surface area contributed by atoms with Crippen molar-refractivity contribution in [1.29, 1.82) is 0 Å². The molecule has 0 saturated heterocycles. The van der Waals surface area contributed by atoms with Gasteiger partial charge in [-0.2, -0.15) is 5.10 Å². The zero-order chi connectivity index (χ0) is 16.9. The number of amides is 1. The zero-order valence-corrected chi connectivity index (χ0v) is 13.7. The number of nitrogens with one attached hydrogen (secondary N) is 1. The van der Waals surface area contributed by atoms with E-state index in [9.17, 15) is 4.79 Å². The number of aromatic nitrogens is 2. The van der Waals surface area contributed by atoms with Crippen molar-refractivity contribution in [3.05, 3.63) is 66.4 Å². The first-order chi connectivity index (χ1) is 11.7. The third-order valence-corrected chi connectivity index (χ3v) is 3.73. The highest BCUT2D eigenvalue weighted by Gasteiger charge is 2.17. The molecule has 24 heavy (non-hydrogen) atoms. The number of aryl methyl sites for hydroxylation is 1. The highest BCUT2D eigenvalue weighted by molar-refractivity contribution is 6.03. The van der Waals surface area contributed by atoms with E-state index in [1.807, 2.05) is 61.5 Å². The smallest absolute Gasteiger partial charge is 0.273 e. The SMILES string of the molecule is CCn1nc(-c2ccccc2OC)cc1C(=O)Nc1ccccc1. The van der Waals surface area contributed by atoms with E-state index >= 15 is 0 Å². The first-order valence-corrected chi connectivity index (χ1v) is 7.80. The Morgan fingerprint density at radius 3 is 2.54 bits per heavy atom. The molecule has 5 heteroatoms. The summed E-state index contributed by atoms with van der Waals surface area (Å²) in [5, 5.41) is 7.44. The molecule has 0 saturated carbocycles. The topological polar surface area (TPSA) is 56.2 Å². The minimum absolute atomic E-state index is 0.184. The monoisotopic (exact) mass is 321 g/mol. The van der Waals surface area contributed by atoms with Gasteiger partial charge in [0.05, 0.1) is 12.8 Å². The number of ether oxygens (including phenoxy) is 1. The van der Waals surface area contributed by atoms with Crippen LogP contribution >= 0.6 is 0 Å². The van der Waals surface area contributed by atoms with Gasteiger partial charge in [-0.3, -0.25) is 9.48 Å². The number of hydrogen-bond acceptors (Lipinski definition) is 3. The van der Waals surface area contributed by atoms with Crippen LogP contribution in [0.2, 0.25) is 0 Å². The second-order valence-electron chi connectivity index (χ2n) is 5.25. The number of nitrogens with zero attached hydrogens (tertiary/aromatic N) is 2. The fourth-order valence-electron chi connectivity index (χ4n) is 2.55. The van der Waals surface area contributed by atoms with Crippen LogP contribution in [0.1, 0.15) is 17.4 Å². The molecule has 0 unspecified atom stereocenters. The molecule has 1 heterocycles. The van der Waals surface area contributed by atoms with Crippen LogP contribution in [-0.4, -0.2) is 22.8 Å². The van der Waals surface area contributed by atoms with Gasteiger partial charge in [0.15, 0.2) is 0 Å². The molecule has 5 nitrogen and oxygen atoms in total. The summed E-state index contributed by atoms with van der Waals surface area (Å²) in [6.07, 6.45) is 0. The maximum atomic E-state index is 12.6. The van der Waals surface area contributed by atoms with E-state index in [-0.39, 0.29) is 5.91 Å². The summed E-state index contributed by atoms with van der Waals surface area (Å²) < 4.78 is 7.08. The lowest BCUT2D eigenvalue weighted by Gasteiger charge is -2.06. The Balaban J connectivity index is 1.94. The molecule has 122 valence electrons. The van der Waals surface area contributed by atoms with Crippen LogP contribution in [-0.2, 0) is 6.54 Å². The normalized spacial score (nSPS) is 10.4. The van der Waals surface area contributed by atoms with Crippen LogP contribution < -0.4 is 10.1 Å². The molecular formula is C19H19N3O2. The van der Waals surface area contributed by atoms with Gasteiger partial charge in [-0.25, -0.2) is 0 Å². The number of methoxy groups -OCH3 is 1. The molecule has 1 amide bonds. The second kappa shape index (κ2) is 7.00. The molecule has 1 aromatic heterocycles. The highest BCUT2D eigenvalue weighted by atomic mass is 16.5. The zero-order valence-electron chi connectivity index (χ0n) is 13.7. The maximum Gasteiger partial charge on any atom is 0.273 e. The predicted octanol–water partition coefficient (Wildman–Crippen LogP) is 3.83. The fraction of sp³-hybridized carbons (Fsp3) is 0.158. The van der Waals surface area contributed by atoms with Crippen molar-refractivity contribution in [3.63, 3.8) is 0 Å². The Labute approximate surface area is 140 Å². The van der Waals surface area contributed by atoms with Crippen molar-refractivity contribution in [2.75, 3.05) is 12.4 Å². The molecule has 0 radical (unpaired) electrons. The van der Waals surface area contributed by atoms with Crippen LogP contribution in [0.15, 0.2) is 60.7 Å². The molecule has 2 aromatic carbocycles. The third-order valence-electron chi connectivity index (χ3n) is 3.73. The van der Waals surface area contributed by atoms with Crippen molar-refractivity contribution >= 4 is 11.6 Å². The number of rotatable bonds is 5. The maximum absolute atomic E-state index is 12.6. The van der Waals surface area contributed by atoms with E-state index in [4.69, 9.17) is 4.74 Å². The Kier molecular flexibility index (Phi) is 4.61. The summed E-state index contributed by atoms with van der Waals surface area (Å²) in [6, 6.07) is 18.8. The van der Waals surface area contributed by atoms with Gasteiger partial charge in [0, 0.05) is 17.8 Å². The molecule has 1 N–H and O–H groups in total. The van der Waals surface area contributed by atoms with E-state index in [1.165, 1.54) is 0 Å². The molecular weight excluding hydrogens is 302 g/mol. The van der Waals surface area contributed by atoms with Crippen molar-refractivity contribution < 1.29 is 9.53 Å². The first kappa shape index (κ1) is 15.8. The molecule has 3 aromatic rings. The van der Waals surface area contributed by atoms with Crippen molar-refractivity contribution in [2.24, 2.45) is 0 Å². The Morgan fingerprint density at radius 1 is 1.12 bits per heavy atom. The highest BCUT2D eigenvalue weighted by Crippen LogP contribution is 2.29. The van der Waals surface area contributed by atoms with Crippen LogP contribution in [0.5, 0.6) is 5.75 Å². The van der Waals surface area contributed by atoms with Gasteiger partial charge in [0.2, 0.25) is 0 Å². The summed E-state index contributed by atoms with van der Waals surface area (Å²) in [5.74, 6) is 0.546. The standard InChI is InChI=1S/C19H19N3O2/c1-3-22-17(19(23)20-14-9-5-4-6-10-14)13-16(21-22)15-11-7-8-12-18(15)24-2/h4-13H,3H2,1-2H3,(H,20,23). The number of benzene rings is 2. The summed E-state index contributed by atoms with van der Waals surface area (Å²) in [6.45, 7) is 2.56. The van der Waals surface area contributed by atoms with Crippen LogP contribution in [0.4, 0.5) is 5.69 Å². The minimum atomic E-state index is -0.184. The molecule has 0 spiro atoms. The molecule has 0 bridgehead atoms. The second-order valence-corrected chi connectivity index (χ2v) is 5.25. The number of para-hydroxylation sites is 2. The van der Waals surface area contributed by atoms with Crippen molar-refractivity contribution in [2.45, 2.75) is 13.5 Å². The van der Waals surface area contributed by atoms with E-state index in [0.29, 0.717) is 17.9 Å². The molecule has 0 aliphatic heterocycles. The number of carbonyl (C=O) groups excluding carboxylic acids is 1. The van der Waals surface area contributed by atoms with Crippen LogP contribution in [0.3, 0.4) is 0 Å². The lowest BCUT2D eigenvalue weighted by atomic mass is 10.1. The van der Waals surface area contributed by atoms with Crippen LogP contribution in [0.25, 0.3) is 11.3 Å². The fourth-order valence-corrected chi connectivity index (χ4v) is 2.55.